The van der Waals surface area contributed by atoms with Crippen molar-refractivity contribution in [2.24, 2.45) is 0 Å². The summed E-state index contributed by atoms with van der Waals surface area (Å²) in [5, 5.41) is 13.6. The predicted molar refractivity (Wildman–Crippen MR) is 200 cm³/mol. The van der Waals surface area contributed by atoms with E-state index in [1.165, 1.54) is 5.56 Å². The molecule has 0 spiro atoms. The first kappa shape index (κ1) is 36.4. The molecule has 0 saturated carbocycles. The zero-order chi connectivity index (χ0) is 36.6. The summed E-state index contributed by atoms with van der Waals surface area (Å²) in [7, 11) is 0. The third-order valence-corrected chi connectivity index (χ3v) is 10.8. The van der Waals surface area contributed by atoms with E-state index in [4.69, 9.17) is 19.8 Å². The van der Waals surface area contributed by atoms with E-state index in [-0.39, 0.29) is 23.8 Å². The molecule has 2 aromatic heterocycles. The number of anilines is 1. The summed E-state index contributed by atoms with van der Waals surface area (Å²) >= 11 is 0. The number of aromatic nitrogens is 4. The van der Waals surface area contributed by atoms with Gasteiger partial charge in [0.05, 0.1) is 41.2 Å². The van der Waals surface area contributed by atoms with Crippen LogP contribution in [0, 0.1) is 0 Å². The summed E-state index contributed by atoms with van der Waals surface area (Å²) in [5.41, 5.74) is 7.14. The molecule has 0 aliphatic carbocycles. The standard InChI is InChI=1S/C40H48N8O5/c49-26-28-8-9-31(21-29(28)22-42-35-10-11-37(50)46-40(35)52)41-16-3-1-2-7-38(51)47-17-12-32(13-18-47)48-25-30(23-44-48)36-24-43-34-6-4-5-33(39(34)45-36)27-14-19-53-20-15-27/h4-6,8-9,21,23-27,32,35,41-42H,1-3,7,10-20,22H2,(H,46,50,52). The first-order valence-corrected chi connectivity index (χ1v) is 19.0. The molecule has 3 amide bonds. The third-order valence-electron chi connectivity index (χ3n) is 10.8. The molecule has 1 unspecified atom stereocenters. The van der Waals surface area contributed by atoms with E-state index in [9.17, 15) is 19.2 Å². The second-order valence-corrected chi connectivity index (χ2v) is 14.3. The van der Waals surface area contributed by atoms with Gasteiger partial charge in [0.2, 0.25) is 17.7 Å². The van der Waals surface area contributed by atoms with Crippen molar-refractivity contribution in [3.8, 4) is 11.3 Å². The summed E-state index contributed by atoms with van der Waals surface area (Å²) in [6.07, 6.45) is 14.3. The summed E-state index contributed by atoms with van der Waals surface area (Å²) in [6, 6.07) is 11.6. The minimum absolute atomic E-state index is 0.210. The van der Waals surface area contributed by atoms with E-state index < -0.39 is 6.04 Å². The van der Waals surface area contributed by atoms with Crippen LogP contribution >= 0.6 is 0 Å². The minimum atomic E-state index is -0.462. The van der Waals surface area contributed by atoms with E-state index in [1.54, 1.807) is 6.07 Å². The molecule has 3 fully saturated rings. The molecule has 5 heterocycles. The lowest BCUT2D eigenvalue weighted by Gasteiger charge is -2.32. The van der Waals surface area contributed by atoms with Crippen LogP contribution in [0.1, 0.15) is 97.7 Å². The Labute approximate surface area is 309 Å². The normalized spacial score (nSPS) is 18.6. The van der Waals surface area contributed by atoms with Crippen molar-refractivity contribution in [2.75, 3.05) is 38.2 Å². The Morgan fingerprint density at radius 1 is 1.00 bits per heavy atom. The second kappa shape index (κ2) is 17.2. The molecule has 3 N–H and O–H groups in total. The molecular formula is C40H48N8O5. The van der Waals surface area contributed by atoms with Crippen LogP contribution in [0.4, 0.5) is 5.69 Å². The van der Waals surface area contributed by atoms with Gasteiger partial charge in [-0.05, 0) is 86.3 Å². The zero-order valence-electron chi connectivity index (χ0n) is 30.1. The lowest BCUT2D eigenvalue weighted by atomic mass is 9.90. The molecule has 0 bridgehead atoms. The van der Waals surface area contributed by atoms with Gasteiger partial charge >= 0.3 is 0 Å². The number of amides is 3. The number of hydrogen-bond acceptors (Lipinski definition) is 10. The van der Waals surface area contributed by atoms with E-state index >= 15 is 0 Å². The van der Waals surface area contributed by atoms with Crippen molar-refractivity contribution in [2.45, 2.75) is 88.8 Å². The van der Waals surface area contributed by atoms with E-state index in [0.29, 0.717) is 37.3 Å². The number of unbranched alkanes of at least 4 members (excludes halogenated alkanes) is 2. The SMILES string of the molecule is O=Cc1ccc(NCCCCCC(=O)N2CCC(n3cc(-c4cnc5cccc(C6CCOCC6)c5n4)cn3)CC2)cc1CNC1CCC(=O)NC1=O. The van der Waals surface area contributed by atoms with Gasteiger partial charge in [-0.25, -0.2) is 4.98 Å². The first-order chi connectivity index (χ1) is 25.9. The van der Waals surface area contributed by atoms with Gasteiger partial charge in [-0.3, -0.25) is 34.2 Å². The number of para-hydroxylation sites is 1. The smallest absolute Gasteiger partial charge is 0.243 e. The van der Waals surface area contributed by atoms with Crippen molar-refractivity contribution in [3.05, 3.63) is 71.7 Å². The number of carbonyl (C=O) groups excluding carboxylic acids is 4. The van der Waals surface area contributed by atoms with Crippen molar-refractivity contribution in [1.82, 2.24) is 35.3 Å². The van der Waals surface area contributed by atoms with Crippen molar-refractivity contribution in [1.29, 1.82) is 0 Å². The number of nitrogens with zero attached hydrogens (tertiary/aromatic N) is 5. The monoisotopic (exact) mass is 720 g/mol. The van der Waals surface area contributed by atoms with Gasteiger partial charge < -0.3 is 20.3 Å². The molecule has 1 atom stereocenters. The number of ether oxygens (including phenoxy) is 1. The fourth-order valence-electron chi connectivity index (χ4n) is 7.66. The van der Waals surface area contributed by atoms with Crippen LogP contribution in [0.3, 0.4) is 0 Å². The van der Waals surface area contributed by atoms with Gasteiger partial charge in [0.15, 0.2) is 0 Å². The Bertz CT molecular complexity index is 1930. The molecule has 3 saturated heterocycles. The van der Waals surface area contributed by atoms with Crippen LogP contribution in [0.15, 0.2) is 55.0 Å². The average molecular weight is 721 g/mol. The maximum absolute atomic E-state index is 13.0. The van der Waals surface area contributed by atoms with Crippen molar-refractivity contribution < 1.29 is 23.9 Å². The van der Waals surface area contributed by atoms with E-state index in [0.717, 1.165) is 118 Å². The number of imide groups is 1. The number of aldehydes is 1. The van der Waals surface area contributed by atoms with Crippen molar-refractivity contribution in [3.63, 3.8) is 0 Å². The Morgan fingerprint density at radius 2 is 1.85 bits per heavy atom. The fourth-order valence-corrected chi connectivity index (χ4v) is 7.66. The molecule has 53 heavy (non-hydrogen) atoms. The van der Waals surface area contributed by atoms with Crippen LogP contribution in [-0.2, 0) is 25.7 Å². The molecule has 0 radical (unpaired) electrons. The molecule has 3 aliphatic rings. The first-order valence-electron chi connectivity index (χ1n) is 19.0. The number of fused-ring (bicyclic) bond motifs is 1. The number of hydrogen-bond donors (Lipinski definition) is 3. The number of likely N-dealkylation sites (tertiary alicyclic amines) is 1. The molecule has 2 aromatic carbocycles. The molecule has 3 aliphatic heterocycles. The van der Waals surface area contributed by atoms with Gasteiger partial charge in [-0.1, -0.05) is 18.6 Å². The molecule has 4 aromatic rings. The largest absolute Gasteiger partial charge is 0.385 e. The lowest BCUT2D eigenvalue weighted by Crippen LogP contribution is -2.50. The number of nitrogens with one attached hydrogen (secondary N) is 3. The van der Waals surface area contributed by atoms with Gasteiger partial charge in [-0.15, -0.1) is 0 Å². The number of piperidine rings is 2. The second-order valence-electron chi connectivity index (χ2n) is 14.3. The summed E-state index contributed by atoms with van der Waals surface area (Å²) in [6.45, 7) is 4.10. The highest BCUT2D eigenvalue weighted by Crippen LogP contribution is 2.32. The van der Waals surface area contributed by atoms with Crippen LogP contribution < -0.4 is 16.0 Å². The van der Waals surface area contributed by atoms with E-state index in [2.05, 4.69) is 34.3 Å². The highest BCUT2D eigenvalue weighted by Gasteiger charge is 2.27. The van der Waals surface area contributed by atoms with Crippen LogP contribution in [0.2, 0.25) is 0 Å². The van der Waals surface area contributed by atoms with Crippen molar-refractivity contribution >= 4 is 40.7 Å². The number of benzene rings is 2. The van der Waals surface area contributed by atoms with Gasteiger partial charge in [0.25, 0.3) is 0 Å². The average Bonchev–Trinajstić information content (AvgIpc) is 3.69. The number of carbonyl (C=O) groups is 4. The van der Waals surface area contributed by atoms with Gasteiger partial charge in [0.1, 0.15) is 6.29 Å². The Balaban J connectivity index is 0.828. The molecule has 7 rings (SSSR count). The third kappa shape index (κ3) is 8.97. The maximum Gasteiger partial charge on any atom is 0.243 e. The zero-order valence-corrected chi connectivity index (χ0v) is 30.1. The lowest BCUT2D eigenvalue weighted by molar-refractivity contribution is -0.135. The Kier molecular flexibility index (Phi) is 11.8. The van der Waals surface area contributed by atoms with Gasteiger partial charge in [0, 0.05) is 75.2 Å². The van der Waals surface area contributed by atoms with Crippen LogP contribution in [0.25, 0.3) is 22.3 Å². The molecule has 13 nitrogen and oxygen atoms in total. The highest BCUT2D eigenvalue weighted by molar-refractivity contribution is 6.00. The van der Waals surface area contributed by atoms with Gasteiger partial charge in [-0.2, -0.15) is 5.10 Å². The predicted octanol–water partition coefficient (Wildman–Crippen LogP) is 4.93. The minimum Gasteiger partial charge on any atom is -0.385 e. The molecule has 13 heteroatoms. The maximum atomic E-state index is 13.0. The summed E-state index contributed by atoms with van der Waals surface area (Å²) in [4.78, 5) is 59.9. The topological polar surface area (TPSA) is 160 Å². The number of rotatable bonds is 14. The highest BCUT2D eigenvalue weighted by atomic mass is 16.5. The van der Waals surface area contributed by atoms with Crippen LogP contribution in [0.5, 0.6) is 0 Å². The molecule has 278 valence electrons. The Hall–Kier alpha value is -5.01. The van der Waals surface area contributed by atoms with Crippen LogP contribution in [-0.4, -0.2) is 87.5 Å². The fraction of sp³-hybridized carbons (Fsp3) is 0.475. The van der Waals surface area contributed by atoms with E-state index in [1.807, 2.05) is 40.2 Å². The quantitative estimate of drug-likeness (QED) is 0.0926. The molecular weight excluding hydrogens is 672 g/mol. The Morgan fingerprint density at radius 3 is 2.66 bits per heavy atom. The summed E-state index contributed by atoms with van der Waals surface area (Å²) < 4.78 is 7.62. The summed E-state index contributed by atoms with van der Waals surface area (Å²) in [5.74, 6) is 0.0554.